The molecule has 0 fully saturated rings. The van der Waals surface area contributed by atoms with Gasteiger partial charge in [0.05, 0.1) is 5.69 Å². The number of fused-ring (bicyclic) bond motifs is 1. The number of anilines is 2. The van der Waals surface area contributed by atoms with Crippen LogP contribution >= 0.6 is 0 Å². The predicted molar refractivity (Wildman–Crippen MR) is 72.4 cm³/mol. The van der Waals surface area contributed by atoms with Crippen molar-refractivity contribution in [2.75, 3.05) is 30.3 Å². The highest BCUT2D eigenvalue weighted by atomic mass is 16.5. The molecule has 0 aromatic heterocycles. The molecule has 3 N–H and O–H groups in total. The van der Waals surface area contributed by atoms with Crippen molar-refractivity contribution in [1.82, 2.24) is 5.32 Å². The van der Waals surface area contributed by atoms with Crippen molar-refractivity contribution in [3.63, 3.8) is 0 Å². The first kappa shape index (κ1) is 13.4. The SMILES string of the molecule is CCNCCC(=O)Nc1ccc2c(c1)NC(=O)CO2. The van der Waals surface area contributed by atoms with Gasteiger partial charge in [-0.2, -0.15) is 0 Å². The second-order valence-corrected chi connectivity index (χ2v) is 4.20. The van der Waals surface area contributed by atoms with E-state index in [2.05, 4.69) is 16.0 Å². The summed E-state index contributed by atoms with van der Waals surface area (Å²) in [5.74, 6) is 0.359. The number of carbonyl (C=O) groups is 2. The van der Waals surface area contributed by atoms with Crippen LogP contribution in [0.3, 0.4) is 0 Å². The van der Waals surface area contributed by atoms with E-state index in [0.717, 1.165) is 6.54 Å². The second kappa shape index (κ2) is 6.19. The van der Waals surface area contributed by atoms with Crippen molar-refractivity contribution in [2.24, 2.45) is 0 Å². The highest BCUT2D eigenvalue weighted by Crippen LogP contribution is 2.30. The molecule has 6 nitrogen and oxygen atoms in total. The molecule has 1 aromatic carbocycles. The van der Waals surface area contributed by atoms with Gasteiger partial charge in [0, 0.05) is 18.7 Å². The fraction of sp³-hybridized carbons (Fsp3) is 0.385. The highest BCUT2D eigenvalue weighted by Gasteiger charge is 2.16. The van der Waals surface area contributed by atoms with Gasteiger partial charge in [-0.1, -0.05) is 6.92 Å². The molecule has 1 aliphatic rings. The van der Waals surface area contributed by atoms with Crippen molar-refractivity contribution in [3.05, 3.63) is 18.2 Å². The van der Waals surface area contributed by atoms with Gasteiger partial charge in [-0.25, -0.2) is 0 Å². The van der Waals surface area contributed by atoms with Crippen LogP contribution in [-0.2, 0) is 9.59 Å². The lowest BCUT2D eigenvalue weighted by molar-refractivity contribution is -0.118. The van der Waals surface area contributed by atoms with Crippen molar-refractivity contribution >= 4 is 23.2 Å². The van der Waals surface area contributed by atoms with Gasteiger partial charge in [0.2, 0.25) is 5.91 Å². The minimum absolute atomic E-state index is 0.0292. The summed E-state index contributed by atoms with van der Waals surface area (Å²) >= 11 is 0. The third-order valence-corrected chi connectivity index (χ3v) is 2.68. The molecule has 0 radical (unpaired) electrons. The molecule has 0 spiro atoms. The predicted octanol–water partition coefficient (Wildman–Crippen LogP) is 0.956. The molecule has 6 heteroatoms. The van der Waals surface area contributed by atoms with Crippen LogP contribution in [-0.4, -0.2) is 31.5 Å². The average Bonchev–Trinajstić information content (AvgIpc) is 2.38. The normalized spacial score (nSPS) is 13.2. The van der Waals surface area contributed by atoms with Crippen LogP contribution in [0.4, 0.5) is 11.4 Å². The Balaban J connectivity index is 1.96. The molecule has 0 saturated heterocycles. The largest absolute Gasteiger partial charge is 0.482 e. The van der Waals surface area contributed by atoms with Crippen molar-refractivity contribution < 1.29 is 14.3 Å². The van der Waals surface area contributed by atoms with Crippen molar-refractivity contribution in [2.45, 2.75) is 13.3 Å². The molecule has 0 aliphatic carbocycles. The monoisotopic (exact) mass is 263 g/mol. The number of carbonyl (C=O) groups excluding carboxylic acids is 2. The molecule has 19 heavy (non-hydrogen) atoms. The standard InChI is InChI=1S/C13H17N3O3/c1-2-14-6-5-12(17)15-9-3-4-11-10(7-9)16-13(18)8-19-11/h3-4,7,14H,2,5-6,8H2,1H3,(H,15,17)(H,16,18). The molecule has 1 aromatic rings. The van der Waals surface area contributed by atoms with Crippen LogP contribution in [0.2, 0.25) is 0 Å². The number of ether oxygens (including phenoxy) is 1. The molecule has 0 saturated carbocycles. The van der Waals surface area contributed by atoms with Crippen LogP contribution in [0.25, 0.3) is 0 Å². The lowest BCUT2D eigenvalue weighted by atomic mass is 10.2. The lowest BCUT2D eigenvalue weighted by Gasteiger charge is -2.18. The van der Waals surface area contributed by atoms with E-state index in [9.17, 15) is 9.59 Å². The summed E-state index contributed by atoms with van der Waals surface area (Å²) in [6.07, 6.45) is 0.410. The van der Waals surface area contributed by atoms with Gasteiger partial charge in [0.1, 0.15) is 5.75 Å². The van der Waals surface area contributed by atoms with E-state index in [-0.39, 0.29) is 18.4 Å². The van der Waals surface area contributed by atoms with E-state index in [1.807, 2.05) is 6.92 Å². The minimum atomic E-state index is -0.192. The number of hydrogen-bond donors (Lipinski definition) is 3. The van der Waals surface area contributed by atoms with Gasteiger partial charge in [0.15, 0.2) is 6.61 Å². The Hall–Kier alpha value is -2.08. The zero-order chi connectivity index (χ0) is 13.7. The summed E-state index contributed by atoms with van der Waals surface area (Å²) in [6, 6.07) is 5.17. The lowest BCUT2D eigenvalue weighted by Crippen LogP contribution is -2.25. The third kappa shape index (κ3) is 3.69. The maximum absolute atomic E-state index is 11.6. The summed E-state index contributed by atoms with van der Waals surface area (Å²) in [5, 5.41) is 8.56. The van der Waals surface area contributed by atoms with Crippen molar-refractivity contribution in [3.8, 4) is 5.75 Å². The molecule has 0 unspecified atom stereocenters. The Labute approximate surface area is 111 Å². The smallest absolute Gasteiger partial charge is 0.262 e. The molecule has 2 amide bonds. The fourth-order valence-electron chi connectivity index (χ4n) is 1.76. The van der Waals surface area contributed by atoms with E-state index in [4.69, 9.17) is 4.74 Å². The Morgan fingerprint density at radius 3 is 3.11 bits per heavy atom. The van der Waals surface area contributed by atoms with Crippen LogP contribution in [0.15, 0.2) is 18.2 Å². The van der Waals surface area contributed by atoms with Crippen LogP contribution in [0, 0.1) is 0 Å². The van der Waals surface area contributed by atoms with E-state index in [1.165, 1.54) is 0 Å². The van der Waals surface area contributed by atoms with Gasteiger partial charge in [-0.15, -0.1) is 0 Å². The number of benzene rings is 1. The van der Waals surface area contributed by atoms with E-state index in [1.54, 1.807) is 18.2 Å². The first-order valence-corrected chi connectivity index (χ1v) is 6.26. The number of rotatable bonds is 5. The number of hydrogen-bond acceptors (Lipinski definition) is 4. The van der Waals surface area contributed by atoms with Crippen LogP contribution in [0.5, 0.6) is 5.75 Å². The van der Waals surface area contributed by atoms with Gasteiger partial charge < -0.3 is 20.7 Å². The maximum Gasteiger partial charge on any atom is 0.262 e. The van der Waals surface area contributed by atoms with Gasteiger partial charge in [-0.05, 0) is 24.7 Å². The molecule has 0 bridgehead atoms. The Bertz CT molecular complexity index is 488. The molecular formula is C13H17N3O3. The molecule has 0 atom stereocenters. The summed E-state index contributed by atoms with van der Waals surface area (Å²) < 4.78 is 5.24. The second-order valence-electron chi connectivity index (χ2n) is 4.20. The van der Waals surface area contributed by atoms with E-state index in [0.29, 0.717) is 30.1 Å². The average molecular weight is 263 g/mol. The van der Waals surface area contributed by atoms with E-state index < -0.39 is 0 Å². The Morgan fingerprint density at radius 1 is 1.47 bits per heavy atom. The third-order valence-electron chi connectivity index (χ3n) is 2.68. The van der Waals surface area contributed by atoms with Crippen molar-refractivity contribution in [1.29, 1.82) is 0 Å². The van der Waals surface area contributed by atoms with Gasteiger partial charge in [-0.3, -0.25) is 9.59 Å². The Morgan fingerprint density at radius 2 is 2.32 bits per heavy atom. The zero-order valence-electron chi connectivity index (χ0n) is 10.8. The number of nitrogens with one attached hydrogen (secondary N) is 3. The molecule has 102 valence electrons. The van der Waals surface area contributed by atoms with Crippen LogP contribution < -0.4 is 20.7 Å². The van der Waals surface area contributed by atoms with Gasteiger partial charge >= 0.3 is 0 Å². The van der Waals surface area contributed by atoms with E-state index >= 15 is 0 Å². The zero-order valence-corrected chi connectivity index (χ0v) is 10.8. The quantitative estimate of drug-likeness (QED) is 0.691. The fourth-order valence-corrected chi connectivity index (χ4v) is 1.76. The summed E-state index contributed by atoms with van der Waals surface area (Å²) in [7, 11) is 0. The molecule has 1 aliphatic heterocycles. The highest BCUT2D eigenvalue weighted by molar-refractivity contribution is 5.97. The summed E-state index contributed by atoms with van der Waals surface area (Å²) in [6.45, 7) is 3.51. The molecular weight excluding hydrogens is 246 g/mol. The molecule has 1 heterocycles. The minimum Gasteiger partial charge on any atom is -0.482 e. The maximum atomic E-state index is 11.6. The summed E-state index contributed by atoms with van der Waals surface area (Å²) in [4.78, 5) is 22.9. The number of amides is 2. The molecule has 2 rings (SSSR count). The van der Waals surface area contributed by atoms with Crippen LogP contribution in [0.1, 0.15) is 13.3 Å². The first-order chi connectivity index (χ1) is 9.19. The van der Waals surface area contributed by atoms with Gasteiger partial charge in [0.25, 0.3) is 5.91 Å². The summed E-state index contributed by atoms with van der Waals surface area (Å²) in [5.41, 5.74) is 1.23. The topological polar surface area (TPSA) is 79.5 Å². The Kier molecular flexibility index (Phi) is 4.35. The first-order valence-electron chi connectivity index (χ1n) is 6.26.